The first-order valence-corrected chi connectivity index (χ1v) is 5.70. The molecule has 0 aromatic heterocycles. The quantitative estimate of drug-likeness (QED) is 0.703. The Morgan fingerprint density at radius 2 is 2.12 bits per heavy atom. The maximum Gasteiger partial charge on any atom is 0.324 e. The largest absolute Gasteiger partial charge is 0.480 e. The molecule has 0 amide bonds. The van der Waals surface area contributed by atoms with Crippen LogP contribution in [0.2, 0.25) is 0 Å². The monoisotopic (exact) mass is 230 g/mol. The van der Waals surface area contributed by atoms with Crippen molar-refractivity contribution in [1.29, 1.82) is 0 Å². The number of carboxylic acid groups (broad SMARTS) is 1. The lowest BCUT2D eigenvalue weighted by Crippen LogP contribution is -2.53. The Balaban J connectivity index is 2.34. The van der Waals surface area contributed by atoms with Crippen LogP contribution >= 0.6 is 0 Å². The van der Waals surface area contributed by atoms with Crippen LogP contribution < -0.4 is 5.73 Å². The van der Waals surface area contributed by atoms with Crippen molar-refractivity contribution in [2.75, 3.05) is 33.4 Å². The molecule has 94 valence electrons. The fourth-order valence-electron chi connectivity index (χ4n) is 2.06. The summed E-state index contributed by atoms with van der Waals surface area (Å²) in [6.07, 6.45) is 2.11. The van der Waals surface area contributed by atoms with Gasteiger partial charge in [-0.25, -0.2) is 0 Å². The lowest BCUT2D eigenvalue weighted by atomic mass is 9.98. The number of likely N-dealkylation sites (N-methyl/N-ethyl adjacent to an activating group) is 1. The van der Waals surface area contributed by atoms with Crippen LogP contribution in [-0.4, -0.2) is 54.9 Å². The third-order valence-electron chi connectivity index (χ3n) is 3.00. The number of rotatable bonds is 5. The predicted octanol–water partition coefficient (Wildman–Crippen LogP) is 0.147. The molecule has 0 aliphatic carbocycles. The van der Waals surface area contributed by atoms with Gasteiger partial charge in [0.05, 0.1) is 0 Å². The molecule has 0 aromatic carbocycles. The van der Waals surface area contributed by atoms with Gasteiger partial charge < -0.3 is 20.5 Å². The van der Waals surface area contributed by atoms with E-state index >= 15 is 0 Å². The lowest BCUT2D eigenvalue weighted by molar-refractivity contribution is -0.143. The third kappa shape index (κ3) is 4.08. The Bertz CT molecular complexity index is 237. The molecule has 0 bridgehead atoms. The summed E-state index contributed by atoms with van der Waals surface area (Å²) in [5.41, 5.74) is 4.53. The highest BCUT2D eigenvalue weighted by Gasteiger charge is 2.30. The molecular weight excluding hydrogens is 208 g/mol. The number of ether oxygens (including phenoxy) is 1. The predicted molar refractivity (Wildman–Crippen MR) is 61.3 cm³/mol. The fraction of sp³-hybridized carbons (Fsp3) is 0.909. The van der Waals surface area contributed by atoms with Gasteiger partial charge in [0.25, 0.3) is 0 Å². The Hall–Kier alpha value is -0.650. The molecule has 1 aliphatic heterocycles. The highest BCUT2D eigenvalue weighted by Crippen LogP contribution is 2.16. The van der Waals surface area contributed by atoms with E-state index in [-0.39, 0.29) is 0 Å². The van der Waals surface area contributed by atoms with Crippen molar-refractivity contribution >= 4 is 5.97 Å². The maximum absolute atomic E-state index is 10.9. The van der Waals surface area contributed by atoms with E-state index in [4.69, 9.17) is 15.6 Å². The van der Waals surface area contributed by atoms with Gasteiger partial charge in [0.2, 0.25) is 0 Å². The first-order valence-electron chi connectivity index (χ1n) is 5.70. The molecule has 0 radical (unpaired) electrons. The minimum absolute atomic E-state index is 0.375. The number of nitrogens with zero attached hydrogens (tertiary/aromatic N) is 1. The smallest absolute Gasteiger partial charge is 0.324 e. The molecule has 1 saturated heterocycles. The lowest BCUT2D eigenvalue weighted by Gasteiger charge is -2.31. The van der Waals surface area contributed by atoms with Gasteiger partial charge in [-0.2, -0.15) is 0 Å². The zero-order valence-corrected chi connectivity index (χ0v) is 10.1. The highest BCUT2D eigenvalue weighted by molar-refractivity contribution is 5.78. The summed E-state index contributed by atoms with van der Waals surface area (Å²) in [6, 6.07) is 0. The molecule has 1 unspecified atom stereocenters. The highest BCUT2D eigenvalue weighted by atomic mass is 16.5. The molecule has 16 heavy (non-hydrogen) atoms. The van der Waals surface area contributed by atoms with Gasteiger partial charge in [-0.1, -0.05) is 0 Å². The average Bonchev–Trinajstić information content (AvgIpc) is 2.17. The molecule has 1 fully saturated rings. The molecule has 1 heterocycles. The number of hydrogen-bond acceptors (Lipinski definition) is 4. The van der Waals surface area contributed by atoms with Crippen LogP contribution in [0.1, 0.15) is 19.8 Å². The molecule has 0 saturated carbocycles. The number of nitrogens with two attached hydrogens (primary N) is 1. The standard InChI is InChI=1S/C11H22N2O3/c1-11(12,10(14)15)8-13(2)7-9-3-5-16-6-4-9/h9H,3-8,12H2,1-2H3,(H,14,15). The molecule has 0 aromatic rings. The normalized spacial score (nSPS) is 22.0. The zero-order valence-electron chi connectivity index (χ0n) is 10.1. The van der Waals surface area contributed by atoms with Gasteiger partial charge in [0.15, 0.2) is 0 Å². The molecule has 1 rings (SSSR count). The van der Waals surface area contributed by atoms with Crippen LogP contribution in [0.4, 0.5) is 0 Å². The second-order valence-corrected chi connectivity index (χ2v) is 4.98. The summed E-state index contributed by atoms with van der Waals surface area (Å²) in [7, 11) is 1.92. The first kappa shape index (κ1) is 13.4. The number of carbonyl (C=O) groups is 1. The van der Waals surface area contributed by atoms with Crippen LogP contribution in [0.5, 0.6) is 0 Å². The Kier molecular flexibility index (Phi) is 4.70. The molecule has 1 aliphatic rings. The SMILES string of the molecule is CN(CC1CCOCC1)CC(C)(N)C(=O)O. The maximum atomic E-state index is 10.9. The van der Waals surface area contributed by atoms with E-state index in [9.17, 15) is 4.79 Å². The van der Waals surface area contributed by atoms with E-state index in [1.54, 1.807) is 6.92 Å². The van der Waals surface area contributed by atoms with Crippen LogP contribution in [0.3, 0.4) is 0 Å². The summed E-state index contributed by atoms with van der Waals surface area (Å²) in [5.74, 6) is -0.352. The summed E-state index contributed by atoms with van der Waals surface area (Å²) < 4.78 is 5.28. The molecular formula is C11H22N2O3. The van der Waals surface area contributed by atoms with Gasteiger partial charge >= 0.3 is 5.97 Å². The van der Waals surface area contributed by atoms with Crippen LogP contribution in [0.25, 0.3) is 0 Å². The third-order valence-corrected chi connectivity index (χ3v) is 3.00. The van der Waals surface area contributed by atoms with Crippen molar-refractivity contribution < 1.29 is 14.6 Å². The average molecular weight is 230 g/mol. The van der Waals surface area contributed by atoms with E-state index in [1.165, 1.54) is 0 Å². The summed E-state index contributed by atoms with van der Waals surface area (Å²) in [4.78, 5) is 12.9. The Labute approximate surface area is 96.6 Å². The van der Waals surface area contributed by atoms with Crippen molar-refractivity contribution in [1.82, 2.24) is 4.90 Å². The second kappa shape index (κ2) is 5.61. The van der Waals surface area contributed by atoms with Crippen molar-refractivity contribution in [2.45, 2.75) is 25.3 Å². The van der Waals surface area contributed by atoms with Gasteiger partial charge in [-0.15, -0.1) is 0 Å². The molecule has 5 nitrogen and oxygen atoms in total. The molecule has 3 N–H and O–H groups in total. The van der Waals surface area contributed by atoms with Gasteiger partial charge in [-0.3, -0.25) is 4.79 Å². The van der Waals surface area contributed by atoms with Gasteiger partial charge in [0.1, 0.15) is 5.54 Å². The minimum Gasteiger partial charge on any atom is -0.480 e. The van der Waals surface area contributed by atoms with Crippen LogP contribution in [0, 0.1) is 5.92 Å². The zero-order chi connectivity index (χ0) is 12.2. The van der Waals surface area contributed by atoms with Gasteiger partial charge in [0, 0.05) is 26.3 Å². The van der Waals surface area contributed by atoms with Crippen molar-refractivity contribution in [3.8, 4) is 0 Å². The van der Waals surface area contributed by atoms with Crippen LogP contribution in [0.15, 0.2) is 0 Å². The molecule has 0 spiro atoms. The van der Waals surface area contributed by atoms with Crippen molar-refractivity contribution in [2.24, 2.45) is 11.7 Å². The Morgan fingerprint density at radius 3 is 2.62 bits per heavy atom. The fourth-order valence-corrected chi connectivity index (χ4v) is 2.06. The van der Waals surface area contributed by atoms with E-state index in [1.807, 2.05) is 11.9 Å². The summed E-state index contributed by atoms with van der Waals surface area (Å²) >= 11 is 0. The minimum atomic E-state index is -1.17. The van der Waals surface area contributed by atoms with E-state index in [0.29, 0.717) is 12.5 Å². The van der Waals surface area contributed by atoms with Crippen molar-refractivity contribution in [3.63, 3.8) is 0 Å². The number of aliphatic carboxylic acids is 1. The van der Waals surface area contributed by atoms with Gasteiger partial charge in [-0.05, 0) is 32.7 Å². The van der Waals surface area contributed by atoms with Crippen molar-refractivity contribution in [3.05, 3.63) is 0 Å². The summed E-state index contributed by atoms with van der Waals surface area (Å²) in [5, 5.41) is 8.92. The molecule has 5 heteroatoms. The Morgan fingerprint density at radius 1 is 1.56 bits per heavy atom. The topological polar surface area (TPSA) is 75.8 Å². The van der Waals surface area contributed by atoms with E-state index < -0.39 is 11.5 Å². The molecule has 1 atom stereocenters. The van der Waals surface area contributed by atoms with Crippen LogP contribution in [-0.2, 0) is 9.53 Å². The second-order valence-electron chi connectivity index (χ2n) is 4.98. The summed E-state index contributed by atoms with van der Waals surface area (Å²) in [6.45, 7) is 4.45. The first-order chi connectivity index (χ1) is 7.42. The number of hydrogen-bond donors (Lipinski definition) is 2. The van der Waals surface area contributed by atoms with E-state index in [0.717, 1.165) is 32.6 Å². The van der Waals surface area contributed by atoms with E-state index in [2.05, 4.69) is 0 Å². The number of carboxylic acids is 1.